The molecule has 1 heterocycles. The van der Waals surface area contributed by atoms with Gasteiger partial charge >= 0.3 is 0 Å². The monoisotopic (exact) mass is 444 g/mol. The average molecular weight is 445 g/mol. The van der Waals surface area contributed by atoms with E-state index < -0.39 is 15.9 Å². The fourth-order valence-corrected chi connectivity index (χ4v) is 4.68. The van der Waals surface area contributed by atoms with Crippen molar-refractivity contribution in [2.75, 3.05) is 0 Å². The maximum atomic E-state index is 12.6. The lowest BCUT2D eigenvalue weighted by Gasteiger charge is -2.15. The fraction of sp³-hybridized carbons (Fsp3) is 0. The number of nitrogens with one attached hydrogen (secondary N) is 1. The van der Waals surface area contributed by atoms with E-state index in [1.807, 2.05) is 0 Å². The number of sulfonamides is 1. The first-order valence-electron chi connectivity index (χ1n) is 7.08. The summed E-state index contributed by atoms with van der Waals surface area (Å²) in [6.07, 6.45) is 1.57. The molecule has 134 valence electrons. The second-order valence-corrected chi connectivity index (χ2v) is 9.27. The highest BCUT2D eigenvalue weighted by Crippen LogP contribution is 2.33. The van der Waals surface area contributed by atoms with Gasteiger partial charge in [0.15, 0.2) is 4.32 Å². The second kappa shape index (κ2) is 7.67. The third-order valence-corrected chi connectivity index (χ3v) is 6.53. The molecule has 0 radical (unpaired) electrons. The van der Waals surface area contributed by atoms with Gasteiger partial charge < -0.3 is 0 Å². The standard InChI is InChI=1S/C16H10Cl2N2O3S3/c17-11-5-7-12(8-6-11)26(22,23)19-20-15(21)14(25-16(20)24)9-10-3-1-2-4-13(10)18/h1-9,19H/b14-9+. The van der Waals surface area contributed by atoms with Gasteiger partial charge in [-0.1, -0.05) is 65.4 Å². The predicted octanol–water partition coefficient (Wildman–Crippen LogP) is 4.09. The van der Waals surface area contributed by atoms with E-state index in [1.165, 1.54) is 24.3 Å². The topological polar surface area (TPSA) is 66.5 Å². The maximum absolute atomic E-state index is 12.6. The molecule has 0 atom stereocenters. The van der Waals surface area contributed by atoms with E-state index in [9.17, 15) is 13.2 Å². The number of carbonyl (C=O) groups is 1. The lowest BCUT2D eigenvalue weighted by Crippen LogP contribution is -2.44. The smallest absolute Gasteiger partial charge is 0.267 e. The molecular formula is C16H10Cl2N2O3S3. The summed E-state index contributed by atoms with van der Waals surface area (Å²) in [6.45, 7) is 0. The Morgan fingerprint density at radius 3 is 2.38 bits per heavy atom. The quantitative estimate of drug-likeness (QED) is 0.568. The Morgan fingerprint density at radius 1 is 1.08 bits per heavy atom. The van der Waals surface area contributed by atoms with E-state index >= 15 is 0 Å². The molecule has 2 aromatic carbocycles. The highest BCUT2D eigenvalue weighted by molar-refractivity contribution is 8.26. The molecule has 0 bridgehead atoms. The normalized spacial score (nSPS) is 16.5. The molecular weight excluding hydrogens is 435 g/mol. The Hall–Kier alpha value is -1.42. The fourth-order valence-electron chi connectivity index (χ4n) is 2.07. The van der Waals surface area contributed by atoms with Crippen molar-refractivity contribution >= 4 is 73.5 Å². The van der Waals surface area contributed by atoms with Crippen LogP contribution in [0, 0.1) is 0 Å². The second-order valence-electron chi connectivity index (χ2n) is 5.09. The molecule has 5 nitrogen and oxygen atoms in total. The molecule has 1 fully saturated rings. The van der Waals surface area contributed by atoms with E-state index in [2.05, 4.69) is 4.83 Å². The molecule has 0 saturated carbocycles. The summed E-state index contributed by atoms with van der Waals surface area (Å²) >= 11 is 18.0. The number of rotatable bonds is 4. The highest BCUT2D eigenvalue weighted by atomic mass is 35.5. The summed E-state index contributed by atoms with van der Waals surface area (Å²) in [5, 5.41) is 1.70. The van der Waals surface area contributed by atoms with Gasteiger partial charge in [0.2, 0.25) is 0 Å². The van der Waals surface area contributed by atoms with Crippen LogP contribution >= 0.6 is 47.2 Å². The van der Waals surface area contributed by atoms with E-state index in [0.717, 1.165) is 16.8 Å². The largest absolute Gasteiger partial charge is 0.281 e. The number of halogens is 2. The first-order valence-corrected chi connectivity index (χ1v) is 10.5. The number of carbonyl (C=O) groups excluding carboxylic acids is 1. The van der Waals surface area contributed by atoms with Crippen molar-refractivity contribution < 1.29 is 13.2 Å². The maximum Gasteiger partial charge on any atom is 0.281 e. The Kier molecular flexibility index (Phi) is 5.71. The molecule has 1 aliphatic heterocycles. The third-order valence-electron chi connectivity index (χ3n) is 3.32. The zero-order chi connectivity index (χ0) is 18.9. The zero-order valence-corrected chi connectivity index (χ0v) is 16.8. The van der Waals surface area contributed by atoms with Gasteiger partial charge in [-0.15, -0.1) is 4.83 Å². The molecule has 0 spiro atoms. The van der Waals surface area contributed by atoms with Crippen molar-refractivity contribution in [1.82, 2.24) is 9.84 Å². The number of hydrogen-bond acceptors (Lipinski definition) is 5. The van der Waals surface area contributed by atoms with Gasteiger partial charge in [0.1, 0.15) is 0 Å². The Morgan fingerprint density at radius 2 is 1.73 bits per heavy atom. The van der Waals surface area contributed by atoms with Gasteiger partial charge in [0, 0.05) is 10.0 Å². The number of benzene rings is 2. The molecule has 1 amide bonds. The first-order chi connectivity index (χ1) is 12.3. The minimum atomic E-state index is -3.99. The molecule has 10 heteroatoms. The molecule has 0 unspecified atom stereocenters. The minimum absolute atomic E-state index is 0.0361. The van der Waals surface area contributed by atoms with Crippen molar-refractivity contribution in [1.29, 1.82) is 0 Å². The molecule has 1 aliphatic rings. The van der Waals surface area contributed by atoms with Gasteiger partial charge in [-0.2, -0.15) is 0 Å². The van der Waals surface area contributed by atoms with Gasteiger partial charge in [-0.3, -0.25) is 4.79 Å². The average Bonchev–Trinajstić information content (AvgIpc) is 2.84. The molecule has 2 aromatic rings. The summed E-state index contributed by atoms with van der Waals surface area (Å²) in [6, 6.07) is 12.5. The number of nitrogens with zero attached hydrogens (tertiary/aromatic N) is 1. The van der Waals surface area contributed by atoms with Crippen LogP contribution in [0.5, 0.6) is 0 Å². The van der Waals surface area contributed by atoms with E-state index in [4.69, 9.17) is 35.4 Å². The minimum Gasteiger partial charge on any atom is -0.267 e. The molecule has 0 aromatic heterocycles. The molecule has 0 aliphatic carbocycles. The van der Waals surface area contributed by atoms with Crippen LogP contribution in [-0.4, -0.2) is 23.7 Å². The number of hydrogen-bond donors (Lipinski definition) is 1. The van der Waals surface area contributed by atoms with Crippen LogP contribution < -0.4 is 4.83 Å². The highest BCUT2D eigenvalue weighted by Gasteiger charge is 2.35. The first kappa shape index (κ1) is 19.3. The van der Waals surface area contributed by atoms with Crippen LogP contribution in [0.2, 0.25) is 10.0 Å². The molecule has 1 saturated heterocycles. The van der Waals surface area contributed by atoms with Gasteiger partial charge in [0.05, 0.1) is 9.80 Å². The van der Waals surface area contributed by atoms with E-state index in [-0.39, 0.29) is 14.1 Å². The summed E-state index contributed by atoms with van der Waals surface area (Å²) in [4.78, 5) is 15.0. The van der Waals surface area contributed by atoms with Crippen molar-refractivity contribution in [3.05, 3.63) is 69.0 Å². The van der Waals surface area contributed by atoms with Crippen molar-refractivity contribution in [2.24, 2.45) is 0 Å². The van der Waals surface area contributed by atoms with Crippen molar-refractivity contribution in [2.45, 2.75) is 4.90 Å². The Balaban J connectivity index is 1.86. The summed E-state index contributed by atoms with van der Waals surface area (Å²) in [7, 11) is -3.99. The van der Waals surface area contributed by atoms with E-state index in [1.54, 1.807) is 30.3 Å². The summed E-state index contributed by atoms with van der Waals surface area (Å²) < 4.78 is 25.0. The van der Waals surface area contributed by atoms with Crippen molar-refractivity contribution in [3.8, 4) is 0 Å². The molecule has 3 rings (SSSR count). The van der Waals surface area contributed by atoms with Crippen molar-refractivity contribution in [3.63, 3.8) is 0 Å². The molecule has 26 heavy (non-hydrogen) atoms. The number of thioether (sulfide) groups is 1. The van der Waals surface area contributed by atoms with Gasteiger partial charge in [0.25, 0.3) is 15.9 Å². The lowest BCUT2D eigenvalue weighted by atomic mass is 10.2. The number of amides is 1. The SMILES string of the molecule is O=C1/C(=C\c2ccccc2Cl)SC(=S)N1NS(=O)(=O)c1ccc(Cl)cc1. The van der Waals surface area contributed by atoms with Gasteiger partial charge in [-0.05, 0) is 42.0 Å². The van der Waals surface area contributed by atoms with Crippen LogP contribution in [0.1, 0.15) is 5.56 Å². The predicted molar refractivity (Wildman–Crippen MR) is 108 cm³/mol. The van der Waals surface area contributed by atoms with Gasteiger partial charge in [-0.25, -0.2) is 13.4 Å². The Labute approximate surface area is 170 Å². The van der Waals surface area contributed by atoms with Crippen LogP contribution in [0.25, 0.3) is 6.08 Å². The zero-order valence-electron chi connectivity index (χ0n) is 12.8. The number of hydrazine groups is 1. The van der Waals surface area contributed by atoms with Crippen LogP contribution in [0.3, 0.4) is 0 Å². The van der Waals surface area contributed by atoms with Crippen LogP contribution in [-0.2, 0) is 14.8 Å². The third kappa shape index (κ3) is 4.11. The van der Waals surface area contributed by atoms with E-state index in [0.29, 0.717) is 15.6 Å². The number of thiocarbonyl (C=S) groups is 1. The lowest BCUT2D eigenvalue weighted by molar-refractivity contribution is -0.123. The summed E-state index contributed by atoms with van der Waals surface area (Å²) in [5.41, 5.74) is 0.634. The molecule has 1 N–H and O–H groups in total. The Bertz CT molecular complexity index is 1020. The summed E-state index contributed by atoms with van der Waals surface area (Å²) in [5.74, 6) is -0.572. The van der Waals surface area contributed by atoms with Crippen LogP contribution in [0.4, 0.5) is 0 Å². The van der Waals surface area contributed by atoms with Crippen LogP contribution in [0.15, 0.2) is 58.3 Å².